The van der Waals surface area contributed by atoms with Gasteiger partial charge in [0.25, 0.3) is 23.6 Å². The lowest BCUT2D eigenvalue weighted by molar-refractivity contribution is -0.143. The van der Waals surface area contributed by atoms with E-state index in [0.717, 1.165) is 30.2 Å². The maximum atomic E-state index is 13.6. The number of nitrogens with one attached hydrogen (secondary N) is 1. The highest BCUT2D eigenvalue weighted by atomic mass is 32.2. The quantitative estimate of drug-likeness (QED) is 0.301. The van der Waals surface area contributed by atoms with E-state index >= 15 is 0 Å². The SMILES string of the molecule is Cc1nc(F)ccc1Oc1nnc(C(F)(F)F)c(C)c1C(=O)Nc1cccc(S(C)(=O)=NC(=O)CN2CC(F)(F)C2)c1. The Morgan fingerprint density at radius 3 is 2.45 bits per heavy atom. The van der Waals surface area contributed by atoms with Gasteiger partial charge >= 0.3 is 6.18 Å². The van der Waals surface area contributed by atoms with Crippen LogP contribution in [0.25, 0.3) is 0 Å². The molecule has 1 aliphatic rings. The van der Waals surface area contributed by atoms with Crippen LogP contribution in [0, 0.1) is 19.8 Å². The summed E-state index contributed by atoms with van der Waals surface area (Å²) in [5.74, 6) is -6.46. The average molecular weight is 617 g/mol. The van der Waals surface area contributed by atoms with Crippen LogP contribution < -0.4 is 10.1 Å². The molecule has 17 heteroatoms. The van der Waals surface area contributed by atoms with Gasteiger partial charge in [0, 0.05) is 16.8 Å². The number of benzene rings is 1. The maximum absolute atomic E-state index is 13.6. The van der Waals surface area contributed by atoms with E-state index in [1.165, 1.54) is 31.2 Å². The minimum absolute atomic E-state index is 0.0206. The van der Waals surface area contributed by atoms with Crippen LogP contribution in [0.15, 0.2) is 45.7 Å². The number of ether oxygens (including phenoxy) is 1. The second-order valence-electron chi connectivity index (χ2n) is 9.44. The highest BCUT2D eigenvalue weighted by Crippen LogP contribution is 2.35. The minimum Gasteiger partial charge on any atom is -0.435 e. The number of carbonyl (C=O) groups is 2. The first-order valence-electron chi connectivity index (χ1n) is 12.0. The molecule has 2 amide bonds. The molecule has 1 fully saturated rings. The molecule has 0 spiro atoms. The number of amides is 2. The van der Waals surface area contributed by atoms with Gasteiger partial charge in [-0.05, 0) is 49.7 Å². The monoisotopic (exact) mass is 616 g/mol. The largest absolute Gasteiger partial charge is 0.435 e. The Labute approximate surface area is 235 Å². The Hall–Kier alpha value is -4.12. The second-order valence-corrected chi connectivity index (χ2v) is 11.7. The third-order valence-electron chi connectivity index (χ3n) is 5.96. The number of halogens is 6. The first-order chi connectivity index (χ1) is 19.4. The summed E-state index contributed by atoms with van der Waals surface area (Å²) < 4.78 is 103. The number of aromatic nitrogens is 3. The number of likely N-dealkylation sites (tertiary alicyclic amines) is 1. The summed E-state index contributed by atoms with van der Waals surface area (Å²) in [7, 11) is -3.41. The van der Waals surface area contributed by atoms with Crippen molar-refractivity contribution in [3.63, 3.8) is 0 Å². The fourth-order valence-electron chi connectivity index (χ4n) is 4.03. The van der Waals surface area contributed by atoms with E-state index in [1.807, 2.05) is 0 Å². The third-order valence-corrected chi connectivity index (χ3v) is 7.65. The van der Waals surface area contributed by atoms with E-state index in [1.54, 1.807) is 0 Å². The highest BCUT2D eigenvalue weighted by molar-refractivity contribution is 7.93. The van der Waals surface area contributed by atoms with Crippen molar-refractivity contribution in [3.05, 3.63) is 64.9 Å². The zero-order valence-electron chi connectivity index (χ0n) is 22.1. The van der Waals surface area contributed by atoms with Crippen LogP contribution in [0.2, 0.25) is 0 Å². The lowest BCUT2D eigenvalue weighted by Gasteiger charge is -2.37. The predicted molar refractivity (Wildman–Crippen MR) is 136 cm³/mol. The smallest absolute Gasteiger partial charge is 0.435 e. The number of pyridine rings is 1. The van der Waals surface area contributed by atoms with Crippen LogP contribution in [0.3, 0.4) is 0 Å². The molecule has 1 aliphatic heterocycles. The molecule has 42 heavy (non-hydrogen) atoms. The van der Waals surface area contributed by atoms with E-state index < -0.39 is 81.9 Å². The van der Waals surface area contributed by atoms with E-state index in [4.69, 9.17) is 4.74 Å². The van der Waals surface area contributed by atoms with Crippen molar-refractivity contribution >= 4 is 27.2 Å². The molecule has 2 aromatic heterocycles. The molecule has 0 aliphatic carbocycles. The van der Waals surface area contributed by atoms with Gasteiger partial charge in [0.15, 0.2) is 11.4 Å². The Balaban J connectivity index is 1.63. The lowest BCUT2D eigenvalue weighted by Crippen LogP contribution is -2.57. The molecule has 4 rings (SSSR count). The molecule has 10 nitrogen and oxygen atoms in total. The zero-order valence-corrected chi connectivity index (χ0v) is 22.9. The standard InChI is InChI=1S/C25H22F6N6O4S/c1-13-20(23(35-34-21(13)25(29,30)31)41-17-7-8-18(26)32-14(17)2)22(39)33-15-5-4-6-16(9-15)42(3,40)36-19(38)10-37-11-24(27,28)12-37/h4-9H,10-12H2,1-3H3,(H,33,39). The van der Waals surface area contributed by atoms with Crippen LogP contribution in [-0.2, 0) is 20.7 Å². The van der Waals surface area contributed by atoms with Gasteiger partial charge in [0.2, 0.25) is 5.95 Å². The Bertz CT molecular complexity index is 1680. The van der Waals surface area contributed by atoms with Gasteiger partial charge in [-0.1, -0.05) is 6.07 Å². The minimum atomic E-state index is -4.97. The number of hydrogen-bond acceptors (Lipinski definition) is 8. The summed E-state index contributed by atoms with van der Waals surface area (Å²) in [4.78, 5) is 30.2. The molecule has 1 saturated heterocycles. The summed E-state index contributed by atoms with van der Waals surface area (Å²) in [5, 5.41) is 8.97. The normalized spacial score (nSPS) is 16.2. The van der Waals surface area contributed by atoms with Crippen molar-refractivity contribution in [1.29, 1.82) is 0 Å². The average Bonchev–Trinajstić information content (AvgIpc) is 2.83. The topological polar surface area (TPSA) is 127 Å². The fourth-order valence-corrected chi connectivity index (χ4v) is 5.26. The summed E-state index contributed by atoms with van der Waals surface area (Å²) >= 11 is 0. The third kappa shape index (κ3) is 7.02. The van der Waals surface area contributed by atoms with Gasteiger partial charge in [-0.15, -0.1) is 10.2 Å². The van der Waals surface area contributed by atoms with E-state index in [9.17, 15) is 40.1 Å². The van der Waals surface area contributed by atoms with Crippen molar-refractivity contribution in [3.8, 4) is 11.6 Å². The summed E-state index contributed by atoms with van der Waals surface area (Å²) in [5.41, 5.74) is -2.73. The van der Waals surface area contributed by atoms with Gasteiger partial charge in [-0.25, -0.2) is 18.0 Å². The Morgan fingerprint density at radius 1 is 1.14 bits per heavy atom. The molecule has 3 aromatic rings. The second kappa shape index (κ2) is 11.3. The number of nitrogens with zero attached hydrogens (tertiary/aromatic N) is 5. The summed E-state index contributed by atoms with van der Waals surface area (Å²) in [6.45, 7) is 0.651. The molecule has 0 radical (unpaired) electrons. The van der Waals surface area contributed by atoms with Crippen molar-refractivity contribution in [1.82, 2.24) is 20.1 Å². The number of hydrogen-bond donors (Lipinski definition) is 1. The van der Waals surface area contributed by atoms with E-state index in [2.05, 4.69) is 24.9 Å². The number of anilines is 1. The molecule has 1 unspecified atom stereocenters. The summed E-state index contributed by atoms with van der Waals surface area (Å²) in [6.07, 6.45) is -3.83. The molecular weight excluding hydrogens is 594 g/mol. The molecular formula is C25H22F6N6O4S. The highest BCUT2D eigenvalue weighted by Gasteiger charge is 2.44. The Morgan fingerprint density at radius 2 is 1.83 bits per heavy atom. The van der Waals surface area contributed by atoms with Gasteiger partial charge in [0.05, 0.1) is 35.1 Å². The molecule has 0 bridgehead atoms. The van der Waals surface area contributed by atoms with Crippen LogP contribution in [0.5, 0.6) is 11.6 Å². The van der Waals surface area contributed by atoms with Crippen LogP contribution in [0.1, 0.15) is 27.3 Å². The van der Waals surface area contributed by atoms with Crippen molar-refractivity contribution in [2.45, 2.75) is 30.8 Å². The van der Waals surface area contributed by atoms with E-state index in [0.29, 0.717) is 0 Å². The number of alkyl halides is 5. The van der Waals surface area contributed by atoms with Gasteiger partial charge in [-0.2, -0.15) is 21.9 Å². The first kappa shape index (κ1) is 30.8. The van der Waals surface area contributed by atoms with Gasteiger partial charge in [0.1, 0.15) is 5.56 Å². The maximum Gasteiger partial charge on any atom is 0.435 e. The van der Waals surface area contributed by atoms with Crippen molar-refractivity contribution < 1.29 is 44.9 Å². The van der Waals surface area contributed by atoms with E-state index in [-0.39, 0.29) is 22.0 Å². The number of carbonyl (C=O) groups excluding carboxylic acids is 2. The summed E-state index contributed by atoms with van der Waals surface area (Å²) in [6, 6.07) is 7.31. The molecule has 1 atom stereocenters. The molecule has 0 saturated carbocycles. The number of rotatable bonds is 7. The van der Waals surface area contributed by atoms with Gasteiger partial charge in [-0.3, -0.25) is 14.5 Å². The lowest BCUT2D eigenvalue weighted by atomic mass is 10.1. The van der Waals surface area contributed by atoms with Crippen LogP contribution in [-0.4, -0.2) is 67.9 Å². The fraction of sp³-hybridized carbons (Fsp3) is 0.320. The Kier molecular flexibility index (Phi) is 8.28. The molecule has 1 aromatic carbocycles. The van der Waals surface area contributed by atoms with Gasteiger partial charge < -0.3 is 10.1 Å². The predicted octanol–water partition coefficient (Wildman–Crippen LogP) is 4.63. The zero-order chi connectivity index (χ0) is 31.0. The number of aryl methyl sites for hydroxylation is 1. The molecule has 3 heterocycles. The first-order valence-corrected chi connectivity index (χ1v) is 13.9. The van der Waals surface area contributed by atoms with Crippen LogP contribution in [0.4, 0.5) is 32.0 Å². The van der Waals surface area contributed by atoms with Crippen LogP contribution >= 0.6 is 0 Å². The van der Waals surface area contributed by atoms with Crippen molar-refractivity contribution in [2.75, 3.05) is 31.2 Å². The molecule has 1 N–H and O–H groups in total. The van der Waals surface area contributed by atoms with Crippen molar-refractivity contribution in [2.24, 2.45) is 4.36 Å². The molecule has 224 valence electrons.